The third-order valence-corrected chi connectivity index (χ3v) is 2.35. The first kappa shape index (κ1) is 12.1. The third-order valence-electron chi connectivity index (χ3n) is 2.35. The smallest absolute Gasteiger partial charge is 0.218 e. The molecule has 16 heavy (non-hydrogen) atoms. The van der Waals surface area contributed by atoms with Gasteiger partial charge in [0, 0.05) is 5.56 Å². The molecule has 0 atom stereocenters. The van der Waals surface area contributed by atoms with Crippen LogP contribution in [0.1, 0.15) is 22.6 Å². The number of hydrogen-bond acceptors (Lipinski definition) is 2. The van der Waals surface area contributed by atoms with Gasteiger partial charge in [0.1, 0.15) is 11.5 Å². The van der Waals surface area contributed by atoms with Gasteiger partial charge in [-0.2, -0.15) is 4.99 Å². The number of hydrogen-bond donors (Lipinski definition) is 3. The Hall–Kier alpha value is -1.98. The number of furan rings is 1. The quantitative estimate of drug-likeness (QED) is 0.493. The highest BCUT2D eigenvalue weighted by atomic mass is 16.3. The minimum Gasteiger partial charge on any atom is -0.466 e. The second-order valence-electron chi connectivity index (χ2n) is 3.53. The van der Waals surface area contributed by atoms with Crippen molar-refractivity contribution >= 4 is 11.9 Å². The van der Waals surface area contributed by atoms with Crippen molar-refractivity contribution in [2.75, 3.05) is 0 Å². The summed E-state index contributed by atoms with van der Waals surface area (Å²) in [6.07, 6.45) is 0. The SMILES string of the molecule is Cc1oc(C)c(CN=C(N)N=C(N)N)c1C. The van der Waals surface area contributed by atoms with E-state index in [0.29, 0.717) is 6.54 Å². The lowest BCUT2D eigenvalue weighted by molar-refractivity contribution is 0.500. The zero-order valence-electron chi connectivity index (χ0n) is 9.74. The van der Waals surface area contributed by atoms with E-state index in [1.54, 1.807) is 0 Å². The van der Waals surface area contributed by atoms with Crippen molar-refractivity contribution in [3.8, 4) is 0 Å². The van der Waals surface area contributed by atoms with Crippen LogP contribution in [0.25, 0.3) is 0 Å². The first-order chi connectivity index (χ1) is 7.41. The fourth-order valence-corrected chi connectivity index (χ4v) is 1.40. The fraction of sp³-hybridized carbons (Fsp3) is 0.400. The summed E-state index contributed by atoms with van der Waals surface area (Å²) in [4.78, 5) is 7.68. The van der Waals surface area contributed by atoms with Gasteiger partial charge >= 0.3 is 0 Å². The highest BCUT2D eigenvalue weighted by molar-refractivity contribution is 5.92. The van der Waals surface area contributed by atoms with Crippen LogP contribution in [0.15, 0.2) is 14.4 Å². The average Bonchev–Trinajstić information content (AvgIpc) is 2.38. The molecule has 0 aliphatic heterocycles. The van der Waals surface area contributed by atoms with E-state index in [4.69, 9.17) is 21.6 Å². The van der Waals surface area contributed by atoms with Crippen LogP contribution in [0.4, 0.5) is 0 Å². The topological polar surface area (TPSA) is 116 Å². The van der Waals surface area contributed by atoms with Crippen LogP contribution in [0.5, 0.6) is 0 Å². The molecule has 0 amide bonds. The molecule has 6 nitrogen and oxygen atoms in total. The second kappa shape index (κ2) is 4.69. The molecule has 1 heterocycles. The van der Waals surface area contributed by atoms with Crippen LogP contribution in [0, 0.1) is 20.8 Å². The Morgan fingerprint density at radius 3 is 2.19 bits per heavy atom. The maximum absolute atomic E-state index is 5.50. The molecule has 0 aromatic carbocycles. The molecule has 0 aliphatic carbocycles. The molecule has 1 aromatic heterocycles. The molecule has 0 saturated carbocycles. The molecule has 6 heteroatoms. The predicted molar refractivity (Wildman–Crippen MR) is 64.1 cm³/mol. The monoisotopic (exact) mass is 223 g/mol. The highest BCUT2D eigenvalue weighted by Gasteiger charge is 2.10. The van der Waals surface area contributed by atoms with Crippen LogP contribution in [0.3, 0.4) is 0 Å². The molecule has 6 N–H and O–H groups in total. The summed E-state index contributed by atoms with van der Waals surface area (Å²) in [6, 6.07) is 0. The Morgan fingerprint density at radius 1 is 1.12 bits per heavy atom. The number of nitrogens with zero attached hydrogens (tertiary/aromatic N) is 2. The van der Waals surface area contributed by atoms with Gasteiger partial charge in [0.25, 0.3) is 0 Å². The van der Waals surface area contributed by atoms with E-state index in [0.717, 1.165) is 22.6 Å². The van der Waals surface area contributed by atoms with Crippen LogP contribution in [-0.4, -0.2) is 11.9 Å². The molecular weight excluding hydrogens is 206 g/mol. The van der Waals surface area contributed by atoms with Crippen molar-refractivity contribution in [3.05, 3.63) is 22.6 Å². The van der Waals surface area contributed by atoms with E-state index in [2.05, 4.69) is 9.98 Å². The number of rotatable bonds is 2. The number of guanidine groups is 2. The van der Waals surface area contributed by atoms with E-state index >= 15 is 0 Å². The summed E-state index contributed by atoms with van der Waals surface area (Å²) in [7, 11) is 0. The highest BCUT2D eigenvalue weighted by Crippen LogP contribution is 2.21. The number of nitrogens with two attached hydrogens (primary N) is 3. The molecule has 0 aliphatic rings. The van der Waals surface area contributed by atoms with Gasteiger partial charge in [0.05, 0.1) is 6.54 Å². The Kier molecular flexibility index (Phi) is 3.55. The van der Waals surface area contributed by atoms with E-state index in [1.165, 1.54) is 0 Å². The standard InChI is InChI=1S/C10H17N5O/c1-5-6(2)16-7(3)8(5)4-14-10(13)15-9(11)12/h4H2,1-3H3,(H6,11,12,13,14,15). The van der Waals surface area contributed by atoms with Crippen molar-refractivity contribution in [1.82, 2.24) is 0 Å². The van der Waals surface area contributed by atoms with Gasteiger partial charge in [-0.05, 0) is 26.3 Å². The van der Waals surface area contributed by atoms with Crippen molar-refractivity contribution in [2.45, 2.75) is 27.3 Å². The summed E-state index contributed by atoms with van der Waals surface area (Å²) in [6.45, 7) is 6.20. The van der Waals surface area contributed by atoms with Gasteiger partial charge in [-0.3, -0.25) is 0 Å². The summed E-state index contributed by atoms with van der Waals surface area (Å²) in [5.41, 5.74) is 18.0. The lowest BCUT2D eigenvalue weighted by atomic mass is 10.1. The average molecular weight is 223 g/mol. The number of aryl methyl sites for hydroxylation is 2. The molecule has 0 fully saturated rings. The van der Waals surface area contributed by atoms with Crippen LogP contribution >= 0.6 is 0 Å². The molecule has 1 rings (SSSR count). The molecule has 0 saturated heterocycles. The Balaban J connectivity index is 2.86. The van der Waals surface area contributed by atoms with Gasteiger partial charge in [-0.1, -0.05) is 0 Å². The normalized spacial score (nSPS) is 11.6. The first-order valence-electron chi connectivity index (χ1n) is 4.86. The largest absolute Gasteiger partial charge is 0.466 e. The Labute approximate surface area is 94.2 Å². The van der Waals surface area contributed by atoms with E-state index < -0.39 is 0 Å². The van der Waals surface area contributed by atoms with Gasteiger partial charge in [0.2, 0.25) is 5.96 Å². The zero-order chi connectivity index (χ0) is 12.3. The molecule has 0 bridgehead atoms. The Bertz CT molecular complexity index is 440. The second-order valence-corrected chi connectivity index (χ2v) is 3.53. The molecule has 1 aromatic rings. The van der Waals surface area contributed by atoms with E-state index in [-0.39, 0.29) is 11.9 Å². The minimum absolute atomic E-state index is 0.0673. The summed E-state index contributed by atoms with van der Waals surface area (Å²) in [5.74, 6) is 1.70. The summed E-state index contributed by atoms with van der Waals surface area (Å²) in [5, 5.41) is 0. The van der Waals surface area contributed by atoms with Crippen LogP contribution < -0.4 is 17.2 Å². The summed E-state index contributed by atoms with van der Waals surface area (Å²) >= 11 is 0. The molecule has 0 radical (unpaired) electrons. The maximum Gasteiger partial charge on any atom is 0.218 e. The predicted octanol–water partition coefficient (Wildman–Crippen LogP) is 0.293. The van der Waals surface area contributed by atoms with Crippen molar-refractivity contribution in [3.63, 3.8) is 0 Å². The third kappa shape index (κ3) is 2.75. The van der Waals surface area contributed by atoms with Gasteiger partial charge in [-0.15, -0.1) is 0 Å². The van der Waals surface area contributed by atoms with Crippen LogP contribution in [-0.2, 0) is 6.54 Å². The van der Waals surface area contributed by atoms with Crippen molar-refractivity contribution in [2.24, 2.45) is 27.2 Å². The lowest BCUT2D eigenvalue weighted by Crippen LogP contribution is -2.26. The van der Waals surface area contributed by atoms with Gasteiger partial charge < -0.3 is 21.6 Å². The van der Waals surface area contributed by atoms with Gasteiger partial charge in [-0.25, -0.2) is 4.99 Å². The molecule has 0 spiro atoms. The number of aliphatic imine (C=N–C) groups is 2. The van der Waals surface area contributed by atoms with E-state index in [1.807, 2.05) is 20.8 Å². The summed E-state index contributed by atoms with van der Waals surface area (Å²) < 4.78 is 5.46. The van der Waals surface area contributed by atoms with Gasteiger partial charge in [0.15, 0.2) is 5.96 Å². The van der Waals surface area contributed by atoms with E-state index in [9.17, 15) is 0 Å². The molecule has 0 unspecified atom stereocenters. The fourth-order valence-electron chi connectivity index (χ4n) is 1.40. The van der Waals surface area contributed by atoms with Crippen molar-refractivity contribution < 1.29 is 4.42 Å². The van der Waals surface area contributed by atoms with Crippen molar-refractivity contribution in [1.29, 1.82) is 0 Å². The molecule has 88 valence electrons. The lowest BCUT2D eigenvalue weighted by Gasteiger charge is -1.97. The van der Waals surface area contributed by atoms with Crippen LogP contribution in [0.2, 0.25) is 0 Å². The maximum atomic E-state index is 5.50. The molecular formula is C10H17N5O. The minimum atomic E-state index is -0.0990. The Morgan fingerprint density at radius 2 is 1.75 bits per heavy atom. The first-order valence-corrected chi connectivity index (χ1v) is 4.86. The zero-order valence-corrected chi connectivity index (χ0v) is 9.74.